The Balaban J connectivity index is 1.47. The van der Waals surface area contributed by atoms with Gasteiger partial charge in [0.15, 0.2) is 0 Å². The van der Waals surface area contributed by atoms with Crippen LogP contribution >= 0.6 is 0 Å². The maximum Gasteiger partial charge on any atom is 0.149 e. The largest absolute Gasteiger partial charge is 0.507 e. The Labute approximate surface area is 356 Å². The monoisotopic (exact) mass is 787 g/mol. The summed E-state index contributed by atoms with van der Waals surface area (Å²) in [7, 11) is 0. The van der Waals surface area contributed by atoms with E-state index in [4.69, 9.17) is 9.97 Å². The number of benzene rings is 6. The van der Waals surface area contributed by atoms with Crippen LogP contribution in [0, 0.1) is 0 Å². The summed E-state index contributed by atoms with van der Waals surface area (Å²) in [6, 6.07) is 49.7. The highest BCUT2D eigenvalue weighted by Gasteiger charge is 2.30. The van der Waals surface area contributed by atoms with Gasteiger partial charge in [0.05, 0.1) is 28.0 Å². The number of aromatic nitrogens is 3. The first-order valence-corrected chi connectivity index (χ1v) is 21.4. The second-order valence-electron chi connectivity index (χ2n) is 18.9. The van der Waals surface area contributed by atoms with Gasteiger partial charge in [-0.15, -0.1) is 0 Å². The zero-order chi connectivity index (χ0) is 42.5. The summed E-state index contributed by atoms with van der Waals surface area (Å²) >= 11 is 0. The predicted octanol–water partition coefficient (Wildman–Crippen LogP) is 15.3. The molecule has 0 aliphatic heterocycles. The smallest absolute Gasteiger partial charge is 0.149 e. The number of hydrogen-bond donors (Lipinski definition) is 1. The summed E-state index contributed by atoms with van der Waals surface area (Å²) in [5, 5.41) is 12.5. The van der Waals surface area contributed by atoms with E-state index in [-0.39, 0.29) is 28.4 Å². The van der Waals surface area contributed by atoms with Crippen LogP contribution in [0.25, 0.3) is 72.7 Å². The zero-order valence-corrected chi connectivity index (χ0v) is 36.8. The third kappa shape index (κ3) is 7.68. The fraction of sp³-hybridized carbons (Fsp3) is 0.250. The Kier molecular flexibility index (Phi) is 10.6. The molecule has 0 saturated carbocycles. The Hall–Kier alpha value is -6.26. The van der Waals surface area contributed by atoms with E-state index >= 15 is 0 Å². The Morgan fingerprint density at radius 1 is 0.517 bits per heavy atom. The second-order valence-corrected chi connectivity index (χ2v) is 18.9. The lowest BCUT2D eigenvalue weighted by atomic mass is 9.79. The highest BCUT2D eigenvalue weighted by Crippen LogP contribution is 2.46. The van der Waals surface area contributed by atoms with E-state index in [1.807, 2.05) is 12.3 Å². The number of aromatic hydroxyl groups is 1. The number of fused-ring (bicyclic) bond motifs is 1. The number of phenolic OH excluding ortho intramolecular Hbond substituents is 1. The molecule has 2 aromatic heterocycles. The van der Waals surface area contributed by atoms with Gasteiger partial charge < -0.3 is 5.11 Å². The van der Waals surface area contributed by atoms with Crippen LogP contribution in [0.1, 0.15) is 103 Å². The van der Waals surface area contributed by atoms with Crippen molar-refractivity contribution < 1.29 is 5.11 Å². The van der Waals surface area contributed by atoms with Crippen molar-refractivity contribution in [2.45, 2.75) is 91.9 Å². The van der Waals surface area contributed by atoms with E-state index in [2.05, 4.69) is 207 Å². The van der Waals surface area contributed by atoms with Gasteiger partial charge in [0.1, 0.15) is 11.6 Å². The highest BCUT2D eigenvalue weighted by atomic mass is 16.3. The molecule has 4 nitrogen and oxygen atoms in total. The van der Waals surface area contributed by atoms with Crippen LogP contribution in [0.3, 0.4) is 0 Å². The van der Waals surface area contributed by atoms with Crippen LogP contribution in [-0.4, -0.2) is 19.6 Å². The van der Waals surface area contributed by atoms with Crippen molar-refractivity contribution in [1.82, 2.24) is 14.5 Å². The minimum absolute atomic E-state index is 0.163. The van der Waals surface area contributed by atoms with Crippen molar-refractivity contribution in [1.29, 1.82) is 0 Å². The first kappa shape index (κ1) is 40.5. The average molecular weight is 788 g/mol. The van der Waals surface area contributed by atoms with Gasteiger partial charge in [-0.3, -0.25) is 9.55 Å². The number of nitrogens with zero attached hydrogens (tertiary/aromatic N) is 3. The molecule has 302 valence electrons. The van der Waals surface area contributed by atoms with Crippen molar-refractivity contribution in [3.8, 4) is 67.5 Å². The number of para-hydroxylation sites is 2. The van der Waals surface area contributed by atoms with Crippen molar-refractivity contribution in [3.63, 3.8) is 0 Å². The number of pyridine rings is 1. The fourth-order valence-corrected chi connectivity index (χ4v) is 8.45. The maximum atomic E-state index is 12.5. The van der Waals surface area contributed by atoms with Crippen molar-refractivity contribution in [2.24, 2.45) is 0 Å². The molecule has 0 amide bonds. The Bertz CT molecular complexity index is 2810. The van der Waals surface area contributed by atoms with E-state index in [0.29, 0.717) is 0 Å². The number of hydrogen-bond acceptors (Lipinski definition) is 3. The van der Waals surface area contributed by atoms with Crippen LogP contribution < -0.4 is 0 Å². The maximum absolute atomic E-state index is 12.5. The molecule has 6 aromatic carbocycles. The molecule has 0 fully saturated rings. The van der Waals surface area contributed by atoms with Gasteiger partial charge in [-0.25, -0.2) is 4.98 Å². The van der Waals surface area contributed by atoms with E-state index in [1.54, 1.807) is 0 Å². The van der Waals surface area contributed by atoms with Crippen LogP contribution in [-0.2, 0) is 10.8 Å². The number of rotatable bonds is 8. The molecule has 8 rings (SSSR count). The van der Waals surface area contributed by atoms with Gasteiger partial charge >= 0.3 is 0 Å². The van der Waals surface area contributed by atoms with Gasteiger partial charge in [-0.05, 0) is 110 Å². The van der Waals surface area contributed by atoms with Crippen molar-refractivity contribution >= 4 is 11.0 Å². The third-order valence-electron chi connectivity index (χ3n) is 11.8. The minimum Gasteiger partial charge on any atom is -0.507 e. The third-order valence-corrected chi connectivity index (χ3v) is 11.8. The Morgan fingerprint density at radius 2 is 1.10 bits per heavy atom. The molecule has 60 heavy (non-hydrogen) atoms. The van der Waals surface area contributed by atoms with E-state index in [0.717, 1.165) is 83.9 Å². The van der Waals surface area contributed by atoms with E-state index < -0.39 is 0 Å². The number of imidazole rings is 1. The molecule has 0 bridgehead atoms. The summed E-state index contributed by atoms with van der Waals surface area (Å²) < 4.78 is 2.35. The molecule has 0 saturated heterocycles. The predicted molar refractivity (Wildman–Crippen MR) is 253 cm³/mol. The van der Waals surface area contributed by atoms with Crippen LogP contribution in [0.2, 0.25) is 0 Å². The Morgan fingerprint density at radius 3 is 1.70 bits per heavy atom. The van der Waals surface area contributed by atoms with Gasteiger partial charge in [0, 0.05) is 22.9 Å². The lowest BCUT2D eigenvalue weighted by molar-refractivity contribution is 0.446. The van der Waals surface area contributed by atoms with Crippen LogP contribution in [0.15, 0.2) is 146 Å². The molecule has 8 aromatic rings. The topological polar surface area (TPSA) is 50.9 Å². The molecular formula is C56H57N3O. The summed E-state index contributed by atoms with van der Waals surface area (Å²) in [6.07, 6.45) is 1.91. The first-order valence-electron chi connectivity index (χ1n) is 21.4. The highest BCUT2D eigenvalue weighted by molar-refractivity contribution is 5.98. The molecular weight excluding hydrogens is 731 g/mol. The summed E-state index contributed by atoms with van der Waals surface area (Å²) in [4.78, 5) is 10.6. The van der Waals surface area contributed by atoms with Crippen molar-refractivity contribution in [3.05, 3.63) is 168 Å². The molecule has 1 N–H and O–H groups in total. The second kappa shape index (κ2) is 15.7. The van der Waals surface area contributed by atoms with E-state index in [1.165, 1.54) is 11.1 Å². The summed E-state index contributed by atoms with van der Waals surface area (Å²) in [5.74, 6) is 1.50. The van der Waals surface area contributed by atoms with Gasteiger partial charge in [-0.1, -0.05) is 166 Å². The molecule has 2 heterocycles. The van der Waals surface area contributed by atoms with Gasteiger partial charge in [-0.2, -0.15) is 0 Å². The lowest BCUT2D eigenvalue weighted by Gasteiger charge is -2.28. The quantitative estimate of drug-likeness (QED) is 0.167. The fourth-order valence-electron chi connectivity index (χ4n) is 8.45. The molecule has 0 aliphatic rings. The zero-order valence-electron chi connectivity index (χ0n) is 36.8. The van der Waals surface area contributed by atoms with E-state index in [9.17, 15) is 5.11 Å². The average Bonchev–Trinajstić information content (AvgIpc) is 3.62. The standard InChI is InChI=1S/C56H57N3O/c1-35(2)44-23-17-24-45(36(3)4)52(44)59-50-26-18-25-46(51(50)58-54(59)47-33-43(55(5,6)7)34-48(53(47)60)56(8,9)10)41-29-40(38-21-15-12-16-22-38)30-42(31-41)49-32-39(27-28-57-49)37-19-13-11-14-20-37/h11-36,60H,1-10H3. The summed E-state index contributed by atoms with van der Waals surface area (Å²) in [6.45, 7) is 22.3. The molecule has 0 spiro atoms. The van der Waals surface area contributed by atoms with Gasteiger partial charge in [0.2, 0.25) is 0 Å². The molecule has 0 atom stereocenters. The molecule has 0 aliphatic carbocycles. The normalized spacial score (nSPS) is 12.2. The molecule has 4 heteroatoms. The molecule has 0 unspecified atom stereocenters. The van der Waals surface area contributed by atoms with Crippen molar-refractivity contribution in [2.75, 3.05) is 0 Å². The summed E-state index contributed by atoms with van der Waals surface area (Å²) in [5.41, 5.74) is 16.3. The minimum atomic E-state index is -0.304. The SMILES string of the molecule is CC(C)c1cccc(C(C)C)c1-n1c(-c2cc(C(C)(C)C)cc(C(C)(C)C)c2O)nc2c(-c3cc(-c4ccccc4)cc(-c4cc(-c5ccccc5)ccn4)c3)cccc21. The van der Waals surface area contributed by atoms with Crippen LogP contribution in [0.4, 0.5) is 0 Å². The molecule has 0 radical (unpaired) electrons. The first-order chi connectivity index (χ1) is 28.6. The lowest BCUT2D eigenvalue weighted by Crippen LogP contribution is -2.17. The van der Waals surface area contributed by atoms with Crippen LogP contribution in [0.5, 0.6) is 5.75 Å². The number of phenols is 1. The van der Waals surface area contributed by atoms with Gasteiger partial charge in [0.25, 0.3) is 0 Å².